The standard InChI is InChI=1S/C29H28O6/c1-4-29(2,3)35-24-16-15-21-26(31)25-22(30)13-10-14-23(25)34-27(21)28(24)33-18-9-8-17-32-19-20-11-6-5-7-12-20/h4-16,30H,1,17-19H2,2-3H3/b9-8+. The third-order valence-corrected chi connectivity index (χ3v) is 5.44. The monoisotopic (exact) mass is 472 g/mol. The van der Waals surface area contributed by atoms with E-state index < -0.39 is 5.60 Å². The third-order valence-electron chi connectivity index (χ3n) is 5.44. The molecule has 1 heterocycles. The zero-order valence-corrected chi connectivity index (χ0v) is 19.8. The Hall–Kier alpha value is -4.03. The number of hydrogen-bond donors (Lipinski definition) is 1. The van der Waals surface area contributed by atoms with Gasteiger partial charge < -0.3 is 23.7 Å². The van der Waals surface area contributed by atoms with Gasteiger partial charge in [-0.2, -0.15) is 0 Å². The SMILES string of the molecule is C=CC(C)(C)Oc1ccc2c(=O)c3c(O)cccc3oc2c1OC/C=C/COCc1ccccc1. The second kappa shape index (κ2) is 10.5. The van der Waals surface area contributed by atoms with Gasteiger partial charge >= 0.3 is 0 Å². The highest BCUT2D eigenvalue weighted by Gasteiger charge is 2.22. The summed E-state index contributed by atoms with van der Waals surface area (Å²) in [4.78, 5) is 13.1. The quantitative estimate of drug-likeness (QED) is 0.170. The minimum absolute atomic E-state index is 0.126. The minimum Gasteiger partial charge on any atom is -0.507 e. The first-order valence-electron chi connectivity index (χ1n) is 11.3. The second-order valence-electron chi connectivity index (χ2n) is 8.54. The summed E-state index contributed by atoms with van der Waals surface area (Å²) in [6.07, 6.45) is 5.38. The van der Waals surface area contributed by atoms with Crippen LogP contribution in [-0.4, -0.2) is 23.9 Å². The van der Waals surface area contributed by atoms with E-state index in [2.05, 4.69) is 6.58 Å². The lowest BCUT2D eigenvalue weighted by molar-refractivity contribution is 0.148. The van der Waals surface area contributed by atoms with Crippen molar-refractivity contribution < 1.29 is 23.7 Å². The Balaban J connectivity index is 1.59. The molecule has 0 aliphatic heterocycles. The van der Waals surface area contributed by atoms with Crippen LogP contribution in [0, 0.1) is 0 Å². The van der Waals surface area contributed by atoms with E-state index in [1.807, 2.05) is 56.3 Å². The molecule has 0 aliphatic carbocycles. The first-order chi connectivity index (χ1) is 16.9. The maximum absolute atomic E-state index is 13.1. The fraction of sp³-hybridized carbons (Fsp3) is 0.207. The van der Waals surface area contributed by atoms with Gasteiger partial charge in [-0.1, -0.05) is 49.1 Å². The topological polar surface area (TPSA) is 78.1 Å². The predicted molar refractivity (Wildman–Crippen MR) is 137 cm³/mol. The predicted octanol–water partition coefficient (Wildman–Crippen LogP) is 6.15. The maximum Gasteiger partial charge on any atom is 0.205 e. The van der Waals surface area contributed by atoms with E-state index in [0.29, 0.717) is 24.7 Å². The molecule has 4 aromatic rings. The Morgan fingerprint density at radius 3 is 2.54 bits per heavy atom. The van der Waals surface area contributed by atoms with Gasteiger partial charge in [0, 0.05) is 0 Å². The van der Waals surface area contributed by atoms with E-state index in [0.717, 1.165) is 5.56 Å². The molecule has 0 spiro atoms. The van der Waals surface area contributed by atoms with Crippen LogP contribution in [0.5, 0.6) is 17.2 Å². The first-order valence-corrected chi connectivity index (χ1v) is 11.3. The first kappa shape index (κ1) is 24.1. The lowest BCUT2D eigenvalue weighted by Crippen LogP contribution is -2.25. The summed E-state index contributed by atoms with van der Waals surface area (Å²) < 4.78 is 23.8. The molecule has 0 radical (unpaired) electrons. The number of phenolic OH excluding ortho intramolecular Hbond substituents is 1. The molecule has 0 aliphatic rings. The Labute approximate surface area is 203 Å². The largest absolute Gasteiger partial charge is 0.507 e. The highest BCUT2D eigenvalue weighted by molar-refractivity contribution is 5.96. The molecule has 0 bridgehead atoms. The van der Waals surface area contributed by atoms with E-state index in [1.165, 1.54) is 6.07 Å². The molecule has 0 amide bonds. The Kier molecular flexibility index (Phi) is 7.22. The van der Waals surface area contributed by atoms with Gasteiger partial charge in [-0.05, 0) is 55.8 Å². The summed E-state index contributed by atoms with van der Waals surface area (Å²) in [7, 11) is 0. The van der Waals surface area contributed by atoms with Gasteiger partial charge in [0.25, 0.3) is 0 Å². The van der Waals surface area contributed by atoms with E-state index in [-0.39, 0.29) is 39.7 Å². The minimum atomic E-state index is -0.678. The van der Waals surface area contributed by atoms with Crippen molar-refractivity contribution >= 4 is 21.9 Å². The summed E-state index contributed by atoms with van der Waals surface area (Å²) in [5.41, 5.74) is 0.593. The highest BCUT2D eigenvalue weighted by Crippen LogP contribution is 2.39. The number of fused-ring (bicyclic) bond motifs is 2. The average Bonchev–Trinajstić information content (AvgIpc) is 2.85. The van der Waals surface area contributed by atoms with Crippen LogP contribution in [0.2, 0.25) is 0 Å². The van der Waals surface area contributed by atoms with Crippen LogP contribution >= 0.6 is 0 Å². The zero-order chi connectivity index (χ0) is 24.8. The zero-order valence-electron chi connectivity index (χ0n) is 19.8. The number of hydrogen-bond acceptors (Lipinski definition) is 6. The smallest absolute Gasteiger partial charge is 0.205 e. The molecular weight excluding hydrogens is 444 g/mol. The molecule has 1 aromatic heterocycles. The van der Waals surface area contributed by atoms with Gasteiger partial charge in [-0.3, -0.25) is 4.79 Å². The Morgan fingerprint density at radius 1 is 1.00 bits per heavy atom. The van der Waals surface area contributed by atoms with Crippen molar-refractivity contribution in [2.75, 3.05) is 13.2 Å². The molecule has 1 N–H and O–H groups in total. The van der Waals surface area contributed by atoms with Crippen LogP contribution in [0.1, 0.15) is 19.4 Å². The van der Waals surface area contributed by atoms with E-state index >= 15 is 0 Å². The summed E-state index contributed by atoms with van der Waals surface area (Å²) in [5, 5.41) is 10.6. The highest BCUT2D eigenvalue weighted by atomic mass is 16.5. The molecule has 0 atom stereocenters. The number of aromatic hydroxyl groups is 1. The van der Waals surface area contributed by atoms with E-state index in [1.54, 1.807) is 30.3 Å². The van der Waals surface area contributed by atoms with Crippen molar-refractivity contribution in [2.24, 2.45) is 0 Å². The Bertz CT molecular complexity index is 1420. The molecule has 3 aromatic carbocycles. The average molecular weight is 473 g/mol. The number of phenols is 1. The molecule has 180 valence electrons. The molecule has 6 nitrogen and oxygen atoms in total. The third kappa shape index (κ3) is 5.55. The summed E-state index contributed by atoms with van der Waals surface area (Å²) in [6, 6.07) is 17.9. The summed E-state index contributed by atoms with van der Waals surface area (Å²) in [6.45, 7) is 8.72. The lowest BCUT2D eigenvalue weighted by atomic mass is 10.1. The van der Waals surface area contributed by atoms with Crippen molar-refractivity contribution in [3.63, 3.8) is 0 Å². The Morgan fingerprint density at radius 2 is 1.77 bits per heavy atom. The fourth-order valence-corrected chi connectivity index (χ4v) is 3.53. The summed E-state index contributed by atoms with van der Waals surface area (Å²) >= 11 is 0. The molecule has 0 fully saturated rings. The van der Waals surface area contributed by atoms with Gasteiger partial charge in [0.1, 0.15) is 28.9 Å². The van der Waals surface area contributed by atoms with Crippen molar-refractivity contribution in [3.8, 4) is 17.2 Å². The van der Waals surface area contributed by atoms with Crippen LogP contribution in [0.15, 0.2) is 94.7 Å². The number of benzene rings is 3. The van der Waals surface area contributed by atoms with Gasteiger partial charge in [0.2, 0.25) is 11.2 Å². The molecular formula is C29H28O6. The van der Waals surface area contributed by atoms with Crippen LogP contribution in [0.25, 0.3) is 21.9 Å². The molecule has 0 unspecified atom stereocenters. The molecule has 35 heavy (non-hydrogen) atoms. The van der Waals surface area contributed by atoms with Crippen LogP contribution in [0.3, 0.4) is 0 Å². The maximum atomic E-state index is 13.1. The molecule has 0 saturated carbocycles. The molecule has 0 saturated heterocycles. The van der Waals surface area contributed by atoms with E-state index in [4.69, 9.17) is 18.6 Å². The van der Waals surface area contributed by atoms with Gasteiger partial charge in [-0.25, -0.2) is 0 Å². The van der Waals surface area contributed by atoms with E-state index in [9.17, 15) is 9.90 Å². The second-order valence-corrected chi connectivity index (χ2v) is 8.54. The summed E-state index contributed by atoms with van der Waals surface area (Å²) in [5.74, 6) is 0.584. The van der Waals surface area contributed by atoms with Gasteiger partial charge in [0.05, 0.1) is 18.6 Å². The van der Waals surface area contributed by atoms with Gasteiger partial charge in [0.15, 0.2) is 11.3 Å². The normalized spacial score (nSPS) is 11.8. The lowest BCUT2D eigenvalue weighted by Gasteiger charge is -2.24. The van der Waals surface area contributed by atoms with Crippen LogP contribution in [0.4, 0.5) is 0 Å². The van der Waals surface area contributed by atoms with Crippen molar-refractivity contribution in [1.82, 2.24) is 0 Å². The number of ether oxygens (including phenoxy) is 3. The van der Waals surface area contributed by atoms with Crippen LogP contribution < -0.4 is 14.9 Å². The van der Waals surface area contributed by atoms with Crippen molar-refractivity contribution in [3.05, 3.63) is 101 Å². The van der Waals surface area contributed by atoms with Crippen molar-refractivity contribution in [2.45, 2.75) is 26.1 Å². The fourth-order valence-electron chi connectivity index (χ4n) is 3.53. The molecule has 4 rings (SSSR count). The number of rotatable bonds is 10. The molecule has 6 heteroatoms. The van der Waals surface area contributed by atoms with Crippen molar-refractivity contribution in [1.29, 1.82) is 0 Å². The van der Waals surface area contributed by atoms with Gasteiger partial charge in [-0.15, -0.1) is 0 Å². The van der Waals surface area contributed by atoms with Crippen LogP contribution in [-0.2, 0) is 11.3 Å².